The van der Waals surface area contributed by atoms with Crippen LogP contribution in [0.25, 0.3) is 127 Å². The van der Waals surface area contributed by atoms with Gasteiger partial charge in [-0.2, -0.15) is 5.26 Å². The summed E-state index contributed by atoms with van der Waals surface area (Å²) >= 11 is 0. The average molecular weight is 982 g/mol. The van der Waals surface area contributed by atoms with Crippen molar-refractivity contribution in [3.63, 3.8) is 0 Å². The van der Waals surface area contributed by atoms with Crippen LogP contribution in [0.15, 0.2) is 237 Å². The normalized spacial score (nSPS) is 13.6. The smallest absolute Gasteiger partial charge is 0.0991 e. The summed E-state index contributed by atoms with van der Waals surface area (Å²) in [5.74, 6) is 0. The average Bonchev–Trinajstić information content (AvgIpc) is 4.04. The number of aromatic nitrogens is 2. The second-order valence-electron chi connectivity index (χ2n) is 22.2. The summed E-state index contributed by atoms with van der Waals surface area (Å²) < 4.78 is 2.30. The van der Waals surface area contributed by atoms with Crippen molar-refractivity contribution < 1.29 is 0 Å². The molecule has 3 heteroatoms. The van der Waals surface area contributed by atoms with E-state index in [1.54, 1.807) is 0 Å². The van der Waals surface area contributed by atoms with Crippen molar-refractivity contribution >= 4 is 43.4 Å². The van der Waals surface area contributed by atoms with E-state index in [0.29, 0.717) is 5.56 Å². The highest BCUT2D eigenvalue weighted by atomic mass is 15.0. The van der Waals surface area contributed by atoms with Crippen LogP contribution in [0.1, 0.15) is 55.5 Å². The summed E-state index contributed by atoms with van der Waals surface area (Å²) in [6.07, 6.45) is 3.83. The van der Waals surface area contributed by atoms with Gasteiger partial charge in [-0.25, -0.2) is 0 Å². The maximum absolute atomic E-state index is 9.94. The molecule has 0 bridgehead atoms. The first-order valence-electron chi connectivity index (χ1n) is 26.7. The molecule has 2 aromatic heterocycles. The second kappa shape index (κ2) is 16.7. The molecule has 0 aliphatic heterocycles. The molecule has 2 heterocycles. The zero-order valence-electron chi connectivity index (χ0n) is 43.4. The lowest BCUT2D eigenvalue weighted by Gasteiger charge is -2.24. The fraction of sp³-hybridized carbons (Fsp3) is 0.0811. The summed E-state index contributed by atoms with van der Waals surface area (Å²) in [5, 5.41) is 17.0. The Kier molecular flexibility index (Phi) is 9.72. The number of benzene rings is 11. The van der Waals surface area contributed by atoms with Gasteiger partial charge in [0.25, 0.3) is 0 Å². The van der Waals surface area contributed by atoms with Crippen LogP contribution in [-0.2, 0) is 10.8 Å². The fourth-order valence-corrected chi connectivity index (χ4v) is 13.4. The second-order valence-corrected chi connectivity index (χ2v) is 22.2. The largest absolute Gasteiger partial charge is 0.309 e. The molecule has 0 saturated heterocycles. The predicted octanol–water partition coefficient (Wildman–Crippen LogP) is 19.3. The number of pyridine rings is 1. The third kappa shape index (κ3) is 6.72. The number of nitrogens with zero attached hydrogens (tertiary/aromatic N) is 3. The standard InChI is InChI=1S/C74H51N3/c1-73(2)65-18-10-8-16-55(65)57-30-27-51(41-67(57)73)71-60-33-26-50(53-13-12-36-76-44-53)40-64(60)72(52-28-31-58-56-17-9-11-19-66(56)74(3,4)68(58)42-52)59-32-25-48(39-63(59)71)46-21-23-47(24-22-46)49-29-35-70-62(38-49)61-37-45(43-75)20-34-69(61)77(70)54-14-6-5-7-15-54/h5-42,44H,1-4H3. The van der Waals surface area contributed by atoms with E-state index in [1.807, 2.05) is 36.7 Å². The van der Waals surface area contributed by atoms with Crippen molar-refractivity contribution in [3.05, 3.63) is 265 Å². The molecule has 0 amide bonds. The predicted molar refractivity (Wildman–Crippen MR) is 321 cm³/mol. The van der Waals surface area contributed by atoms with Crippen molar-refractivity contribution in [3.8, 4) is 89.6 Å². The van der Waals surface area contributed by atoms with Gasteiger partial charge in [0, 0.05) is 45.2 Å². The minimum absolute atomic E-state index is 0.157. The van der Waals surface area contributed by atoms with Gasteiger partial charge in [-0.1, -0.05) is 179 Å². The molecular weight excluding hydrogens is 931 g/mol. The molecule has 2 aliphatic carbocycles. The minimum atomic E-state index is -0.161. The molecule has 15 rings (SSSR count). The van der Waals surface area contributed by atoms with E-state index >= 15 is 0 Å². The van der Waals surface area contributed by atoms with Gasteiger partial charge in [-0.15, -0.1) is 0 Å². The molecule has 0 atom stereocenters. The van der Waals surface area contributed by atoms with Gasteiger partial charge in [0.05, 0.1) is 22.7 Å². The molecule has 3 nitrogen and oxygen atoms in total. The van der Waals surface area contributed by atoms with Gasteiger partial charge in [0.15, 0.2) is 0 Å². The number of para-hydroxylation sites is 1. The Morgan fingerprint density at radius 1 is 0.351 bits per heavy atom. The van der Waals surface area contributed by atoms with Gasteiger partial charge in [-0.3, -0.25) is 4.98 Å². The number of rotatable bonds is 6. The monoisotopic (exact) mass is 981 g/mol. The van der Waals surface area contributed by atoms with Crippen LogP contribution in [0.4, 0.5) is 0 Å². The molecule has 0 radical (unpaired) electrons. The number of fused-ring (bicyclic) bond motifs is 11. The molecule has 2 aliphatic rings. The van der Waals surface area contributed by atoms with E-state index in [-0.39, 0.29) is 10.8 Å². The van der Waals surface area contributed by atoms with Crippen molar-refractivity contribution in [2.24, 2.45) is 0 Å². The minimum Gasteiger partial charge on any atom is -0.309 e. The van der Waals surface area contributed by atoms with E-state index in [0.717, 1.165) is 60.9 Å². The Morgan fingerprint density at radius 3 is 1.35 bits per heavy atom. The number of hydrogen-bond acceptors (Lipinski definition) is 2. The third-order valence-corrected chi connectivity index (χ3v) is 17.3. The lowest BCUT2D eigenvalue weighted by atomic mass is 9.79. The van der Waals surface area contributed by atoms with Crippen LogP contribution in [0.3, 0.4) is 0 Å². The van der Waals surface area contributed by atoms with Crippen molar-refractivity contribution in [1.29, 1.82) is 5.26 Å². The van der Waals surface area contributed by atoms with Gasteiger partial charge in [0.2, 0.25) is 0 Å². The molecule has 0 spiro atoms. The first-order chi connectivity index (χ1) is 37.6. The van der Waals surface area contributed by atoms with E-state index in [2.05, 4.69) is 244 Å². The van der Waals surface area contributed by atoms with Gasteiger partial charge < -0.3 is 4.57 Å². The van der Waals surface area contributed by atoms with Gasteiger partial charge in [-0.05, 0) is 189 Å². The third-order valence-electron chi connectivity index (χ3n) is 17.3. The first kappa shape index (κ1) is 44.8. The van der Waals surface area contributed by atoms with Crippen LogP contribution in [0.2, 0.25) is 0 Å². The summed E-state index contributed by atoms with van der Waals surface area (Å²) in [4.78, 5) is 4.57. The topological polar surface area (TPSA) is 41.6 Å². The molecular formula is C74H51N3. The molecule has 0 fully saturated rings. The highest BCUT2D eigenvalue weighted by Gasteiger charge is 2.37. The Balaban J connectivity index is 0.938. The highest BCUT2D eigenvalue weighted by Crippen LogP contribution is 2.54. The number of nitriles is 1. The molecule has 362 valence electrons. The van der Waals surface area contributed by atoms with Crippen LogP contribution in [0, 0.1) is 11.3 Å². The quantitative estimate of drug-likeness (QED) is 0.156. The van der Waals surface area contributed by atoms with Gasteiger partial charge in [0.1, 0.15) is 0 Å². The summed E-state index contributed by atoms with van der Waals surface area (Å²) in [6, 6.07) is 85.4. The highest BCUT2D eigenvalue weighted by molar-refractivity contribution is 6.23. The van der Waals surface area contributed by atoms with Crippen LogP contribution in [-0.4, -0.2) is 9.55 Å². The SMILES string of the molecule is CC1(C)c2ccccc2-c2ccc(-c3c4ccc(-c5cccnc5)cc4c(-c4ccc5c(c4)C(C)(C)c4ccccc4-5)c4ccc(-c5ccc(-c6ccc7c(c6)c6cc(C#N)ccc6n7-c6ccccc6)cc5)cc34)cc21. The Labute approximate surface area is 448 Å². The van der Waals surface area contributed by atoms with E-state index in [4.69, 9.17) is 0 Å². The van der Waals surface area contributed by atoms with Crippen LogP contribution >= 0.6 is 0 Å². The van der Waals surface area contributed by atoms with E-state index in [9.17, 15) is 5.26 Å². The van der Waals surface area contributed by atoms with E-state index < -0.39 is 0 Å². The zero-order chi connectivity index (χ0) is 51.7. The Morgan fingerprint density at radius 2 is 0.805 bits per heavy atom. The lowest BCUT2D eigenvalue weighted by Crippen LogP contribution is -2.15. The maximum Gasteiger partial charge on any atom is 0.0991 e. The molecule has 77 heavy (non-hydrogen) atoms. The molecule has 13 aromatic rings. The first-order valence-corrected chi connectivity index (χ1v) is 26.7. The lowest BCUT2D eigenvalue weighted by molar-refractivity contribution is 0.660. The Bertz CT molecular complexity index is 4660. The summed E-state index contributed by atoms with van der Waals surface area (Å²) in [7, 11) is 0. The fourth-order valence-electron chi connectivity index (χ4n) is 13.4. The maximum atomic E-state index is 9.94. The van der Waals surface area contributed by atoms with Crippen molar-refractivity contribution in [1.82, 2.24) is 9.55 Å². The molecule has 11 aromatic carbocycles. The molecule has 0 unspecified atom stereocenters. The molecule has 0 saturated carbocycles. The van der Waals surface area contributed by atoms with Crippen LogP contribution < -0.4 is 0 Å². The van der Waals surface area contributed by atoms with E-state index in [1.165, 1.54) is 88.3 Å². The molecule has 0 N–H and O–H groups in total. The Hall–Kier alpha value is -9.62. The van der Waals surface area contributed by atoms with Crippen molar-refractivity contribution in [2.75, 3.05) is 0 Å². The van der Waals surface area contributed by atoms with Gasteiger partial charge >= 0.3 is 0 Å². The van der Waals surface area contributed by atoms with Crippen molar-refractivity contribution in [2.45, 2.75) is 38.5 Å². The summed E-state index contributed by atoms with van der Waals surface area (Å²) in [6.45, 7) is 9.50. The zero-order valence-corrected chi connectivity index (χ0v) is 43.4. The number of hydrogen-bond donors (Lipinski definition) is 0. The van der Waals surface area contributed by atoms with Crippen LogP contribution in [0.5, 0.6) is 0 Å². The summed E-state index contributed by atoms with van der Waals surface area (Å²) in [5.41, 5.74) is 26.1.